The van der Waals surface area contributed by atoms with Gasteiger partial charge in [0.1, 0.15) is 6.42 Å². The number of carbonyl (C=O) groups is 2. The van der Waals surface area contributed by atoms with Gasteiger partial charge in [-0.05, 0) is 35.2 Å². The van der Waals surface area contributed by atoms with Gasteiger partial charge in [-0.1, -0.05) is 0 Å². The molecular formula is C11H13NO3S. The summed E-state index contributed by atoms with van der Waals surface area (Å²) in [6.07, 6.45) is 1.48. The van der Waals surface area contributed by atoms with E-state index < -0.39 is 12.4 Å². The molecule has 5 heteroatoms. The molecule has 0 aromatic carbocycles. The maximum atomic E-state index is 11.7. The molecular weight excluding hydrogens is 226 g/mol. The van der Waals surface area contributed by atoms with E-state index in [2.05, 4.69) is 0 Å². The van der Waals surface area contributed by atoms with E-state index in [1.165, 1.54) is 0 Å². The van der Waals surface area contributed by atoms with Crippen LogP contribution >= 0.6 is 11.3 Å². The van der Waals surface area contributed by atoms with Gasteiger partial charge in [0.15, 0.2) is 0 Å². The minimum Gasteiger partial charge on any atom is -0.481 e. The van der Waals surface area contributed by atoms with Gasteiger partial charge in [-0.3, -0.25) is 9.59 Å². The Hall–Kier alpha value is -1.36. The third-order valence-electron chi connectivity index (χ3n) is 2.80. The molecule has 0 aliphatic carbocycles. The van der Waals surface area contributed by atoms with Crippen molar-refractivity contribution >= 4 is 23.2 Å². The molecule has 1 unspecified atom stereocenters. The van der Waals surface area contributed by atoms with Crippen molar-refractivity contribution in [2.45, 2.75) is 25.3 Å². The van der Waals surface area contributed by atoms with E-state index in [4.69, 9.17) is 5.11 Å². The van der Waals surface area contributed by atoms with Gasteiger partial charge in [0, 0.05) is 6.54 Å². The molecule has 1 saturated heterocycles. The zero-order valence-electron chi connectivity index (χ0n) is 8.76. The molecule has 1 amide bonds. The number of carboxylic acids is 1. The molecule has 0 spiro atoms. The number of hydrogen-bond donors (Lipinski definition) is 1. The van der Waals surface area contributed by atoms with Crippen LogP contribution in [0, 0.1) is 0 Å². The Morgan fingerprint density at radius 1 is 1.56 bits per heavy atom. The number of hydrogen-bond acceptors (Lipinski definition) is 3. The number of nitrogens with zero attached hydrogens (tertiary/aromatic N) is 1. The largest absolute Gasteiger partial charge is 0.481 e. The summed E-state index contributed by atoms with van der Waals surface area (Å²) in [4.78, 5) is 23.9. The Balaban J connectivity index is 2.09. The van der Waals surface area contributed by atoms with E-state index >= 15 is 0 Å². The summed E-state index contributed by atoms with van der Waals surface area (Å²) >= 11 is 1.60. The van der Waals surface area contributed by atoms with Crippen LogP contribution in [0.1, 0.15) is 30.9 Å². The second kappa shape index (κ2) is 4.65. The quantitative estimate of drug-likeness (QED) is 0.819. The molecule has 16 heavy (non-hydrogen) atoms. The predicted molar refractivity (Wildman–Crippen MR) is 60.3 cm³/mol. The minimum absolute atomic E-state index is 0.0816. The Morgan fingerprint density at radius 3 is 3.00 bits per heavy atom. The van der Waals surface area contributed by atoms with Crippen LogP contribution < -0.4 is 0 Å². The van der Waals surface area contributed by atoms with E-state index in [1.807, 2.05) is 16.8 Å². The maximum Gasteiger partial charge on any atom is 0.312 e. The molecule has 2 heterocycles. The van der Waals surface area contributed by atoms with Gasteiger partial charge in [-0.25, -0.2) is 0 Å². The molecule has 1 aliphatic heterocycles. The highest BCUT2D eigenvalue weighted by atomic mass is 32.1. The lowest BCUT2D eigenvalue weighted by molar-refractivity contribution is -0.144. The van der Waals surface area contributed by atoms with Crippen LogP contribution in [0.4, 0.5) is 0 Å². The molecule has 1 atom stereocenters. The summed E-state index contributed by atoms with van der Waals surface area (Å²) in [6.45, 7) is 0.673. The van der Waals surface area contributed by atoms with Crippen LogP contribution in [-0.4, -0.2) is 28.4 Å². The van der Waals surface area contributed by atoms with E-state index in [9.17, 15) is 9.59 Å². The summed E-state index contributed by atoms with van der Waals surface area (Å²) in [5.74, 6) is -1.33. The third-order valence-corrected chi connectivity index (χ3v) is 3.51. The number of aliphatic carboxylic acids is 1. The maximum absolute atomic E-state index is 11.7. The highest BCUT2D eigenvalue weighted by Crippen LogP contribution is 2.33. The Bertz CT molecular complexity index is 388. The van der Waals surface area contributed by atoms with Crippen molar-refractivity contribution in [2.24, 2.45) is 0 Å². The van der Waals surface area contributed by atoms with Gasteiger partial charge in [0.05, 0.1) is 6.04 Å². The molecule has 4 nitrogen and oxygen atoms in total. The van der Waals surface area contributed by atoms with Crippen LogP contribution in [0.3, 0.4) is 0 Å². The van der Waals surface area contributed by atoms with Crippen molar-refractivity contribution in [1.82, 2.24) is 4.90 Å². The lowest BCUT2D eigenvalue weighted by atomic mass is 10.1. The molecule has 1 aliphatic rings. The highest BCUT2D eigenvalue weighted by Gasteiger charge is 2.30. The van der Waals surface area contributed by atoms with Crippen molar-refractivity contribution in [1.29, 1.82) is 0 Å². The lowest BCUT2D eigenvalue weighted by Crippen LogP contribution is -2.31. The first kappa shape index (κ1) is 11.1. The molecule has 2 rings (SSSR count). The fourth-order valence-electron chi connectivity index (χ4n) is 2.11. The van der Waals surface area contributed by atoms with Crippen molar-refractivity contribution in [3.05, 3.63) is 22.4 Å². The fourth-order valence-corrected chi connectivity index (χ4v) is 2.81. The molecule has 1 fully saturated rings. The summed E-state index contributed by atoms with van der Waals surface area (Å²) < 4.78 is 0. The first-order chi connectivity index (χ1) is 7.68. The standard InChI is InChI=1S/C11H13NO3S/c13-10(6-11(14)15)12-4-1-2-9(12)8-3-5-16-7-8/h3,5,7,9H,1-2,4,6H2,(H,14,15). The minimum atomic E-state index is -1.05. The van der Waals surface area contributed by atoms with Gasteiger partial charge in [0.2, 0.25) is 5.91 Å². The van der Waals surface area contributed by atoms with Crippen LogP contribution in [0.15, 0.2) is 16.8 Å². The molecule has 1 N–H and O–H groups in total. The van der Waals surface area contributed by atoms with Crippen LogP contribution in [0.2, 0.25) is 0 Å². The van der Waals surface area contributed by atoms with Gasteiger partial charge >= 0.3 is 5.97 Å². The van der Waals surface area contributed by atoms with Gasteiger partial charge in [-0.15, -0.1) is 0 Å². The number of amides is 1. The molecule has 0 bridgehead atoms. The number of likely N-dealkylation sites (tertiary alicyclic amines) is 1. The second-order valence-corrected chi connectivity index (χ2v) is 4.65. The Morgan fingerprint density at radius 2 is 2.38 bits per heavy atom. The Kier molecular flexibility index (Phi) is 3.24. The predicted octanol–water partition coefficient (Wildman–Crippen LogP) is 1.89. The van der Waals surface area contributed by atoms with Gasteiger partial charge < -0.3 is 10.0 Å². The fraction of sp³-hybridized carbons (Fsp3) is 0.455. The summed E-state index contributed by atoms with van der Waals surface area (Å²) in [6, 6.07) is 2.08. The molecule has 1 aromatic rings. The summed E-state index contributed by atoms with van der Waals surface area (Å²) in [7, 11) is 0. The zero-order valence-corrected chi connectivity index (χ0v) is 9.57. The van der Waals surface area contributed by atoms with E-state index in [1.54, 1.807) is 16.2 Å². The SMILES string of the molecule is O=C(O)CC(=O)N1CCCC1c1ccsc1. The highest BCUT2D eigenvalue weighted by molar-refractivity contribution is 7.07. The number of carbonyl (C=O) groups excluding carboxylic acids is 1. The third kappa shape index (κ3) is 2.24. The normalized spacial score (nSPS) is 20.0. The van der Waals surface area contributed by atoms with Crippen LogP contribution in [0.25, 0.3) is 0 Å². The van der Waals surface area contributed by atoms with Crippen molar-refractivity contribution < 1.29 is 14.7 Å². The second-order valence-electron chi connectivity index (χ2n) is 3.87. The topological polar surface area (TPSA) is 57.6 Å². The van der Waals surface area contributed by atoms with Crippen LogP contribution in [-0.2, 0) is 9.59 Å². The molecule has 0 radical (unpaired) electrons. The molecule has 86 valence electrons. The Labute approximate surface area is 97.5 Å². The summed E-state index contributed by atoms with van der Waals surface area (Å²) in [5.41, 5.74) is 1.13. The van der Waals surface area contributed by atoms with Crippen molar-refractivity contribution in [3.8, 4) is 0 Å². The van der Waals surface area contributed by atoms with Crippen molar-refractivity contribution in [2.75, 3.05) is 6.54 Å². The summed E-state index contributed by atoms with van der Waals surface area (Å²) in [5, 5.41) is 12.6. The first-order valence-electron chi connectivity index (χ1n) is 5.22. The molecule has 1 aromatic heterocycles. The van der Waals surface area contributed by atoms with Crippen LogP contribution in [0.5, 0.6) is 0 Å². The van der Waals surface area contributed by atoms with Gasteiger partial charge in [-0.2, -0.15) is 11.3 Å². The van der Waals surface area contributed by atoms with E-state index in [-0.39, 0.29) is 11.9 Å². The lowest BCUT2D eigenvalue weighted by Gasteiger charge is -2.23. The zero-order chi connectivity index (χ0) is 11.5. The first-order valence-corrected chi connectivity index (χ1v) is 6.16. The number of carboxylic acid groups (broad SMARTS) is 1. The average Bonchev–Trinajstić information content (AvgIpc) is 2.87. The number of rotatable bonds is 3. The molecule has 0 saturated carbocycles. The van der Waals surface area contributed by atoms with Gasteiger partial charge in [0.25, 0.3) is 0 Å². The van der Waals surface area contributed by atoms with Crippen molar-refractivity contribution in [3.63, 3.8) is 0 Å². The van der Waals surface area contributed by atoms with E-state index in [0.717, 1.165) is 18.4 Å². The monoisotopic (exact) mass is 239 g/mol. The number of thiophene rings is 1. The average molecular weight is 239 g/mol. The smallest absolute Gasteiger partial charge is 0.312 e. The van der Waals surface area contributed by atoms with E-state index in [0.29, 0.717) is 6.54 Å².